The second-order valence-electron chi connectivity index (χ2n) is 14.5. The summed E-state index contributed by atoms with van der Waals surface area (Å²) in [5, 5.41) is 0. The Morgan fingerprint density at radius 1 is 0.776 bits per heavy atom. The number of benzene rings is 2. The van der Waals surface area contributed by atoms with Gasteiger partial charge in [0.05, 0.1) is 16.9 Å². The molecule has 0 amide bonds. The number of allylic oxidation sites excluding steroid dienone is 8. The number of anilines is 1. The molecule has 49 heavy (non-hydrogen) atoms. The van der Waals surface area contributed by atoms with Crippen molar-refractivity contribution < 1.29 is 30.5 Å². The highest BCUT2D eigenvalue weighted by molar-refractivity contribution is 7.86. The van der Waals surface area contributed by atoms with E-state index < -0.39 is 20.2 Å². The third-order valence-electron chi connectivity index (χ3n) is 10.4. The second-order valence-corrected chi connectivity index (χ2v) is 17.7. The van der Waals surface area contributed by atoms with Crippen LogP contribution >= 0.6 is 0 Å². The lowest BCUT2D eigenvalue weighted by atomic mass is 9.80. The quantitative estimate of drug-likeness (QED) is 0.123. The summed E-state index contributed by atoms with van der Waals surface area (Å²) in [5.74, 6) is -0.465. The average Bonchev–Trinajstić information content (AvgIpc) is 3.37. The summed E-state index contributed by atoms with van der Waals surface area (Å²) in [6.07, 6.45) is 14.1. The Labute approximate surface area is 293 Å². The first-order valence-corrected chi connectivity index (χ1v) is 20.5. The van der Waals surface area contributed by atoms with Crippen molar-refractivity contribution in [3.63, 3.8) is 0 Å². The zero-order valence-corrected chi connectivity index (χ0v) is 31.1. The van der Waals surface area contributed by atoms with Crippen molar-refractivity contribution in [1.29, 1.82) is 0 Å². The van der Waals surface area contributed by atoms with Crippen LogP contribution in [0.5, 0.6) is 0 Å². The number of unbranched alkanes of at least 4 members (excludes halogenated alkanes) is 2. The number of rotatable bonds is 13. The summed E-state index contributed by atoms with van der Waals surface area (Å²) >= 11 is 0. The van der Waals surface area contributed by atoms with Gasteiger partial charge in [0.25, 0.3) is 20.2 Å². The van der Waals surface area contributed by atoms with Crippen molar-refractivity contribution in [2.45, 2.75) is 90.4 Å². The van der Waals surface area contributed by atoms with Crippen molar-refractivity contribution in [3.8, 4) is 0 Å². The Bertz CT molecular complexity index is 1960. The van der Waals surface area contributed by atoms with Crippen molar-refractivity contribution in [2.75, 3.05) is 29.5 Å². The third-order valence-corrected chi connectivity index (χ3v) is 12.0. The molecule has 1 aliphatic carbocycles. The average molecular weight is 708 g/mol. The molecule has 2 aromatic carbocycles. The molecule has 0 bridgehead atoms. The zero-order valence-electron chi connectivity index (χ0n) is 29.4. The predicted octanol–water partition coefficient (Wildman–Crippen LogP) is 8.06. The van der Waals surface area contributed by atoms with E-state index in [0.717, 1.165) is 30.6 Å². The molecule has 2 heterocycles. The fraction of sp³-hybridized carbons (Fsp3) is 0.462. The largest absolute Gasteiger partial charge is 0.344 e. The zero-order chi connectivity index (χ0) is 35.6. The number of para-hydroxylation sites is 2. The van der Waals surface area contributed by atoms with Gasteiger partial charge in [0.2, 0.25) is 5.69 Å². The lowest BCUT2D eigenvalue weighted by molar-refractivity contribution is -0.438. The second kappa shape index (κ2) is 14.5. The van der Waals surface area contributed by atoms with Crippen LogP contribution in [-0.2, 0) is 31.1 Å². The van der Waals surface area contributed by atoms with E-state index in [2.05, 4.69) is 105 Å². The number of nitrogens with zero attached hydrogens (tertiary/aromatic N) is 2. The van der Waals surface area contributed by atoms with Crippen LogP contribution in [0, 0.1) is 0 Å². The van der Waals surface area contributed by atoms with E-state index in [1.165, 1.54) is 39.3 Å². The Morgan fingerprint density at radius 2 is 1.41 bits per heavy atom. The molecular formula is C39H51N2O6S2+. The van der Waals surface area contributed by atoms with Crippen molar-refractivity contribution >= 4 is 37.3 Å². The summed E-state index contributed by atoms with van der Waals surface area (Å²) in [7, 11) is -7.97. The molecule has 0 saturated carbocycles. The lowest BCUT2D eigenvalue weighted by Crippen LogP contribution is -2.28. The molecule has 2 aromatic rings. The lowest BCUT2D eigenvalue weighted by Gasteiger charge is -2.27. The Hall–Kier alpha value is -3.31. The molecule has 2 N–H and O–H groups in total. The molecule has 0 fully saturated rings. The van der Waals surface area contributed by atoms with Crippen LogP contribution in [0.25, 0.3) is 0 Å². The molecule has 2 aliphatic heterocycles. The summed E-state index contributed by atoms with van der Waals surface area (Å²) in [5.41, 5.74) is 10.6. The van der Waals surface area contributed by atoms with Gasteiger partial charge < -0.3 is 4.90 Å². The molecule has 0 saturated heterocycles. The number of fused-ring (bicyclic) bond motifs is 2. The predicted molar refractivity (Wildman–Crippen MR) is 199 cm³/mol. The molecule has 0 radical (unpaired) electrons. The van der Waals surface area contributed by atoms with Crippen LogP contribution < -0.4 is 4.90 Å². The van der Waals surface area contributed by atoms with E-state index in [-0.39, 0.29) is 22.3 Å². The molecule has 3 aliphatic rings. The molecule has 0 aromatic heterocycles. The summed E-state index contributed by atoms with van der Waals surface area (Å²) in [6.45, 7) is 12.5. The first kappa shape index (κ1) is 37.0. The minimum atomic E-state index is -3.98. The molecule has 264 valence electrons. The molecule has 5 rings (SSSR count). The van der Waals surface area contributed by atoms with Gasteiger partial charge in [-0.3, -0.25) is 9.11 Å². The standard InChI is InChI=1S/C39H50N2O6S2/c1-29-30(21-23-36-38(2,3)32-17-6-8-19-34(32)40(36)25-10-12-27-48(42,43)44)15-14-16-31(29)22-24-37-39(4,5)33-18-7-9-20-35(33)41(37)26-11-13-28-49(45,46)47/h6-9,17-24H,10-16,25-28H2,1-5H3,(H-,42,43,44,45,46,47)/p+1. The third kappa shape index (κ3) is 8.36. The van der Waals surface area contributed by atoms with Crippen LogP contribution in [-0.4, -0.2) is 60.8 Å². The van der Waals surface area contributed by atoms with Crippen molar-refractivity contribution in [1.82, 2.24) is 0 Å². The van der Waals surface area contributed by atoms with Gasteiger partial charge in [0.1, 0.15) is 6.54 Å². The SMILES string of the molecule is CC1=C(/C=C/C2=[N+](CCCCS(=O)(=O)O)c3ccccc3C2(C)C)CCC/C1=C\C=C1\N(CCCCS(=O)(=O)O)c2ccccc2C1(C)C. The van der Waals surface area contributed by atoms with Crippen molar-refractivity contribution in [2.24, 2.45) is 0 Å². The fourth-order valence-corrected chi connectivity index (χ4v) is 8.84. The van der Waals surface area contributed by atoms with E-state index in [4.69, 9.17) is 0 Å². The van der Waals surface area contributed by atoms with Gasteiger partial charge in [-0.15, -0.1) is 0 Å². The molecule has 0 atom stereocenters. The Balaban J connectivity index is 1.44. The highest BCUT2D eigenvalue weighted by Gasteiger charge is 2.44. The molecule has 0 unspecified atom stereocenters. The maximum atomic E-state index is 11.3. The van der Waals surface area contributed by atoms with Crippen LogP contribution in [0.15, 0.2) is 95.3 Å². The van der Waals surface area contributed by atoms with E-state index in [1.54, 1.807) is 0 Å². The topological polar surface area (TPSA) is 115 Å². The molecule has 0 spiro atoms. The van der Waals surface area contributed by atoms with Crippen LogP contribution in [0.4, 0.5) is 11.4 Å². The van der Waals surface area contributed by atoms with Gasteiger partial charge in [-0.2, -0.15) is 21.4 Å². The van der Waals surface area contributed by atoms with Crippen LogP contribution in [0.1, 0.15) is 90.7 Å². The van der Waals surface area contributed by atoms with E-state index in [0.29, 0.717) is 38.8 Å². The van der Waals surface area contributed by atoms with Gasteiger partial charge in [-0.1, -0.05) is 62.4 Å². The molecule has 8 nitrogen and oxygen atoms in total. The van der Waals surface area contributed by atoms with Crippen LogP contribution in [0.3, 0.4) is 0 Å². The number of hydrogen-bond donors (Lipinski definition) is 2. The minimum absolute atomic E-state index is 0.226. The van der Waals surface area contributed by atoms with Gasteiger partial charge in [-0.25, -0.2) is 0 Å². The maximum Gasteiger partial charge on any atom is 0.264 e. The van der Waals surface area contributed by atoms with Gasteiger partial charge in [0.15, 0.2) is 5.71 Å². The minimum Gasteiger partial charge on any atom is -0.344 e. The Morgan fingerprint density at radius 3 is 2.10 bits per heavy atom. The van der Waals surface area contributed by atoms with E-state index in [9.17, 15) is 25.9 Å². The number of hydrogen-bond acceptors (Lipinski definition) is 5. The van der Waals surface area contributed by atoms with Gasteiger partial charge in [-0.05, 0) is 93.7 Å². The highest BCUT2D eigenvalue weighted by atomic mass is 32.2. The summed E-state index contributed by atoms with van der Waals surface area (Å²) in [6, 6.07) is 16.8. The maximum absolute atomic E-state index is 11.3. The summed E-state index contributed by atoms with van der Waals surface area (Å²) < 4.78 is 66.0. The van der Waals surface area contributed by atoms with Crippen LogP contribution in [0.2, 0.25) is 0 Å². The van der Waals surface area contributed by atoms with Crippen molar-refractivity contribution in [3.05, 3.63) is 106 Å². The van der Waals surface area contributed by atoms with Gasteiger partial charge >= 0.3 is 0 Å². The monoisotopic (exact) mass is 707 g/mol. The first-order chi connectivity index (χ1) is 23.0. The van der Waals surface area contributed by atoms with E-state index in [1.807, 2.05) is 12.1 Å². The first-order valence-electron chi connectivity index (χ1n) is 17.3. The summed E-state index contributed by atoms with van der Waals surface area (Å²) in [4.78, 5) is 2.31. The highest BCUT2D eigenvalue weighted by Crippen LogP contribution is 2.48. The Kier molecular flexibility index (Phi) is 10.9. The molecule has 10 heteroatoms. The normalized spacial score (nSPS) is 20.6. The smallest absolute Gasteiger partial charge is 0.264 e. The molecular weight excluding hydrogens is 657 g/mol. The van der Waals surface area contributed by atoms with E-state index >= 15 is 0 Å². The van der Waals surface area contributed by atoms with Gasteiger partial charge in [0, 0.05) is 47.5 Å². The fourth-order valence-electron chi connectivity index (χ4n) is 7.70.